The monoisotopic (exact) mass is 683 g/mol. The van der Waals surface area contributed by atoms with Crippen LogP contribution in [0.4, 0.5) is 4.79 Å². The van der Waals surface area contributed by atoms with Crippen molar-refractivity contribution in [2.75, 3.05) is 19.7 Å². The van der Waals surface area contributed by atoms with Gasteiger partial charge in [-0.3, -0.25) is 9.67 Å². The molecule has 11 nitrogen and oxygen atoms in total. The summed E-state index contributed by atoms with van der Waals surface area (Å²) in [5.74, 6) is 2.79. The van der Waals surface area contributed by atoms with Crippen molar-refractivity contribution in [2.24, 2.45) is 5.92 Å². The number of rotatable bonds is 10. The number of aryl methyl sites for hydroxylation is 2. The third-order valence-electron chi connectivity index (χ3n) is 8.91. The molecular formula is C37H49N7O4Si. The lowest BCUT2D eigenvalue weighted by molar-refractivity contribution is 0.0177. The molecule has 3 aromatic heterocycles. The van der Waals surface area contributed by atoms with E-state index in [1.807, 2.05) is 86.9 Å². The first-order valence-corrected chi connectivity index (χ1v) is 20.9. The lowest BCUT2D eigenvalue weighted by Crippen LogP contribution is -2.42. The second kappa shape index (κ2) is 13.9. The van der Waals surface area contributed by atoms with Gasteiger partial charge in [-0.15, -0.1) is 0 Å². The number of benzene rings is 2. The Kier molecular flexibility index (Phi) is 9.81. The zero-order valence-corrected chi connectivity index (χ0v) is 31.1. The van der Waals surface area contributed by atoms with Crippen LogP contribution < -0.4 is 4.74 Å². The molecule has 1 amide bonds. The van der Waals surface area contributed by atoms with Crippen LogP contribution in [0.25, 0.3) is 33.3 Å². The number of piperidine rings is 1. The van der Waals surface area contributed by atoms with Crippen molar-refractivity contribution in [1.82, 2.24) is 34.2 Å². The molecule has 0 radical (unpaired) electrons. The normalized spacial score (nSPS) is 14.6. The first kappa shape index (κ1) is 34.6. The summed E-state index contributed by atoms with van der Waals surface area (Å²) >= 11 is 0. The van der Waals surface area contributed by atoms with Crippen LogP contribution in [0.5, 0.6) is 11.5 Å². The van der Waals surface area contributed by atoms with Crippen LogP contribution in [0.15, 0.2) is 48.9 Å². The third-order valence-corrected chi connectivity index (χ3v) is 10.6. The van der Waals surface area contributed by atoms with E-state index >= 15 is 0 Å². The minimum atomic E-state index is -1.16. The summed E-state index contributed by atoms with van der Waals surface area (Å²) in [7, 11) is -1.16. The van der Waals surface area contributed by atoms with E-state index in [2.05, 4.69) is 29.3 Å². The number of likely N-dealkylation sites (tertiary alicyclic amines) is 1. The highest BCUT2D eigenvalue weighted by Crippen LogP contribution is 2.32. The third kappa shape index (κ3) is 8.48. The molecule has 1 fully saturated rings. The van der Waals surface area contributed by atoms with Gasteiger partial charge in [0.1, 0.15) is 29.7 Å². The average Bonchev–Trinajstić information content (AvgIpc) is 3.63. The van der Waals surface area contributed by atoms with Crippen molar-refractivity contribution < 1.29 is 19.0 Å². The van der Waals surface area contributed by atoms with Gasteiger partial charge in [0.25, 0.3) is 0 Å². The van der Waals surface area contributed by atoms with Gasteiger partial charge >= 0.3 is 6.09 Å². The Labute approximate surface area is 289 Å². The van der Waals surface area contributed by atoms with Gasteiger partial charge in [-0.2, -0.15) is 5.10 Å². The highest BCUT2D eigenvalue weighted by Gasteiger charge is 2.27. The highest BCUT2D eigenvalue weighted by atomic mass is 28.3. The number of fused-ring (bicyclic) bond motifs is 2. The topological polar surface area (TPSA) is 109 Å². The van der Waals surface area contributed by atoms with E-state index in [9.17, 15) is 4.79 Å². The number of carbonyl (C=O) groups excluding carboxylic acids is 1. The Balaban J connectivity index is 1.13. The van der Waals surface area contributed by atoms with Crippen molar-refractivity contribution in [2.45, 2.75) is 92.0 Å². The van der Waals surface area contributed by atoms with E-state index in [0.717, 1.165) is 88.2 Å². The molecule has 0 N–H and O–H groups in total. The van der Waals surface area contributed by atoms with Crippen LogP contribution in [0.2, 0.25) is 25.7 Å². The first-order valence-electron chi connectivity index (χ1n) is 17.2. The van der Waals surface area contributed by atoms with Crippen LogP contribution in [-0.2, 0) is 22.7 Å². The van der Waals surface area contributed by atoms with E-state index in [1.165, 1.54) is 0 Å². The fourth-order valence-electron chi connectivity index (χ4n) is 6.04. The summed E-state index contributed by atoms with van der Waals surface area (Å²) in [6.07, 6.45) is 7.26. The van der Waals surface area contributed by atoms with Gasteiger partial charge in [-0.1, -0.05) is 19.6 Å². The maximum absolute atomic E-state index is 12.5. The van der Waals surface area contributed by atoms with Crippen LogP contribution in [-0.4, -0.2) is 73.7 Å². The molecule has 4 heterocycles. The summed E-state index contributed by atoms with van der Waals surface area (Å²) in [6.45, 7) is 20.2. The lowest BCUT2D eigenvalue weighted by Gasteiger charge is -2.33. The maximum atomic E-state index is 12.5. The van der Waals surface area contributed by atoms with E-state index in [1.54, 1.807) is 6.20 Å². The molecule has 12 heteroatoms. The Morgan fingerprint density at radius 1 is 1.00 bits per heavy atom. The van der Waals surface area contributed by atoms with Crippen LogP contribution in [0.3, 0.4) is 0 Å². The van der Waals surface area contributed by atoms with E-state index in [4.69, 9.17) is 29.2 Å². The second-order valence-corrected chi connectivity index (χ2v) is 21.0. The number of ether oxygens (including phenoxy) is 3. The average molecular weight is 684 g/mol. The highest BCUT2D eigenvalue weighted by molar-refractivity contribution is 6.76. The predicted octanol–water partition coefficient (Wildman–Crippen LogP) is 8.21. The zero-order valence-electron chi connectivity index (χ0n) is 30.1. The van der Waals surface area contributed by atoms with Gasteiger partial charge in [0.2, 0.25) is 0 Å². The minimum absolute atomic E-state index is 0.233. The molecule has 6 rings (SSSR count). The Morgan fingerprint density at radius 3 is 2.49 bits per heavy atom. The van der Waals surface area contributed by atoms with Crippen LogP contribution in [0, 0.1) is 19.8 Å². The smallest absolute Gasteiger partial charge is 0.410 e. The molecule has 1 aliphatic heterocycles. The van der Waals surface area contributed by atoms with Crippen molar-refractivity contribution in [3.05, 3.63) is 60.3 Å². The summed E-state index contributed by atoms with van der Waals surface area (Å²) in [5, 5.41) is 4.64. The molecular weight excluding hydrogens is 635 g/mol. The molecule has 0 bridgehead atoms. The lowest BCUT2D eigenvalue weighted by atomic mass is 9.97. The minimum Gasteiger partial charge on any atom is -0.457 e. The molecule has 2 aromatic carbocycles. The maximum Gasteiger partial charge on any atom is 0.410 e. The van der Waals surface area contributed by atoms with E-state index in [0.29, 0.717) is 25.7 Å². The van der Waals surface area contributed by atoms with E-state index < -0.39 is 13.7 Å². The fraction of sp³-hybridized carbons (Fsp3) is 0.486. The van der Waals surface area contributed by atoms with Crippen molar-refractivity contribution in [1.29, 1.82) is 0 Å². The molecule has 260 valence electrons. The molecule has 1 aliphatic rings. The number of nitrogens with zero attached hydrogens (tertiary/aromatic N) is 7. The summed E-state index contributed by atoms with van der Waals surface area (Å²) in [6, 6.07) is 11.0. The number of hydrogen-bond acceptors (Lipinski definition) is 8. The van der Waals surface area contributed by atoms with Crippen molar-refractivity contribution >= 4 is 36.2 Å². The molecule has 0 spiro atoms. The largest absolute Gasteiger partial charge is 0.457 e. The molecule has 0 unspecified atom stereocenters. The van der Waals surface area contributed by atoms with Crippen LogP contribution in [0.1, 0.15) is 45.0 Å². The fourth-order valence-corrected chi connectivity index (χ4v) is 6.79. The molecule has 0 saturated carbocycles. The van der Waals surface area contributed by atoms with Gasteiger partial charge in [0.15, 0.2) is 0 Å². The molecule has 5 aromatic rings. The Hall–Kier alpha value is -4.29. The predicted molar refractivity (Wildman–Crippen MR) is 195 cm³/mol. The molecule has 0 atom stereocenters. The number of carbonyl (C=O) groups is 1. The van der Waals surface area contributed by atoms with Gasteiger partial charge in [-0.05, 0) is 83.7 Å². The van der Waals surface area contributed by atoms with Crippen molar-refractivity contribution in [3.63, 3.8) is 0 Å². The van der Waals surface area contributed by atoms with Gasteiger partial charge in [0, 0.05) is 57.7 Å². The molecule has 49 heavy (non-hydrogen) atoms. The quantitative estimate of drug-likeness (QED) is 0.107. The number of hydrogen-bond donors (Lipinski definition) is 0. The number of amides is 1. The van der Waals surface area contributed by atoms with Gasteiger partial charge in [0.05, 0.1) is 40.2 Å². The summed E-state index contributed by atoms with van der Waals surface area (Å²) in [4.78, 5) is 28.7. The molecule has 0 aliphatic carbocycles. The number of aromatic nitrogens is 6. The zero-order chi connectivity index (χ0) is 34.9. The van der Waals surface area contributed by atoms with Gasteiger partial charge < -0.3 is 23.7 Å². The Bertz CT molecular complexity index is 1950. The summed E-state index contributed by atoms with van der Waals surface area (Å²) in [5.41, 5.74) is 5.58. The Morgan fingerprint density at radius 2 is 1.76 bits per heavy atom. The summed E-state index contributed by atoms with van der Waals surface area (Å²) < 4.78 is 22.1. The van der Waals surface area contributed by atoms with E-state index in [-0.39, 0.29) is 6.09 Å². The van der Waals surface area contributed by atoms with Crippen LogP contribution >= 0.6 is 0 Å². The standard InChI is InChI=1S/C37H49N7O4Si/c1-25-34(47-29-9-10-30-33(19-29)44(26(2)40-30)24-46-17-18-49(6,7)8)12-11-31-35(25)41-32(21-38-31)28-20-39-43(23-28)22-27-13-15-42(16-14-27)36(45)48-37(3,4)5/h9-12,19-21,23,27H,13-18,22,24H2,1-8H3. The second-order valence-electron chi connectivity index (χ2n) is 15.4. The SMILES string of the molecule is Cc1c(Oc2ccc3nc(C)n(COCC[Si](C)(C)C)c3c2)ccc2ncc(-c3cnn(CC4CCN(C(=O)OC(C)(C)C)CC4)c3)nc12. The number of imidazole rings is 1. The van der Waals surface area contributed by atoms with Gasteiger partial charge in [-0.25, -0.2) is 14.8 Å². The van der Waals surface area contributed by atoms with Crippen molar-refractivity contribution in [3.8, 4) is 22.8 Å². The first-order chi connectivity index (χ1) is 23.2. The molecule has 1 saturated heterocycles.